The highest BCUT2D eigenvalue weighted by atomic mass is 32.2. The summed E-state index contributed by atoms with van der Waals surface area (Å²) in [5.74, 6) is 0.732. The Balaban J connectivity index is 2.31. The maximum atomic E-state index is 12.0. The van der Waals surface area contributed by atoms with Crippen LogP contribution in [0.25, 0.3) is 0 Å². The van der Waals surface area contributed by atoms with Crippen LogP contribution in [0.4, 0.5) is 5.82 Å². The van der Waals surface area contributed by atoms with Crippen molar-refractivity contribution in [3.63, 3.8) is 0 Å². The lowest BCUT2D eigenvalue weighted by molar-refractivity contribution is 0.400. The van der Waals surface area contributed by atoms with Crippen molar-refractivity contribution in [3.8, 4) is 0 Å². The highest BCUT2D eigenvalue weighted by molar-refractivity contribution is 7.92. The maximum Gasteiger partial charge on any atom is 0.263 e. The Morgan fingerprint density at radius 3 is 2.59 bits per heavy atom. The van der Waals surface area contributed by atoms with Crippen molar-refractivity contribution in [2.45, 2.75) is 18.7 Å². The minimum absolute atomic E-state index is 0.184. The Bertz CT molecular complexity index is 632. The molecule has 0 fully saturated rings. The lowest BCUT2D eigenvalue weighted by Crippen LogP contribution is -2.13. The average molecular weight is 252 g/mol. The molecule has 0 aliphatic heterocycles. The fraction of sp³-hybridized carbons (Fsp3) is 0.182. The topological polar surface area (TPSA) is 72.2 Å². The molecule has 1 aromatic carbocycles. The molecule has 0 radical (unpaired) electrons. The van der Waals surface area contributed by atoms with E-state index in [1.807, 2.05) is 13.0 Å². The van der Waals surface area contributed by atoms with Gasteiger partial charge in [0.2, 0.25) is 0 Å². The zero-order chi connectivity index (χ0) is 12.5. The van der Waals surface area contributed by atoms with E-state index in [0.29, 0.717) is 5.76 Å². The van der Waals surface area contributed by atoms with Crippen LogP contribution in [0.5, 0.6) is 0 Å². The van der Waals surface area contributed by atoms with Gasteiger partial charge in [0.1, 0.15) is 5.76 Å². The molecule has 6 heteroatoms. The number of hydrogen-bond acceptors (Lipinski definition) is 4. The molecule has 90 valence electrons. The molecule has 0 unspecified atom stereocenters. The summed E-state index contributed by atoms with van der Waals surface area (Å²) in [5.41, 5.74) is 0.879. The van der Waals surface area contributed by atoms with Crippen molar-refractivity contribution in [3.05, 3.63) is 41.7 Å². The Kier molecular flexibility index (Phi) is 2.89. The number of rotatable bonds is 3. The van der Waals surface area contributed by atoms with Crippen LogP contribution in [0, 0.1) is 13.8 Å². The highest BCUT2D eigenvalue weighted by Crippen LogP contribution is 2.16. The number of nitrogens with one attached hydrogen (secondary N) is 1. The van der Waals surface area contributed by atoms with Crippen molar-refractivity contribution in [2.75, 3.05) is 4.72 Å². The lowest BCUT2D eigenvalue weighted by atomic mass is 10.2. The first kappa shape index (κ1) is 11.7. The molecule has 1 aromatic heterocycles. The molecule has 0 aliphatic carbocycles. The van der Waals surface area contributed by atoms with E-state index in [1.165, 1.54) is 12.1 Å². The average Bonchev–Trinajstić information content (AvgIpc) is 2.63. The van der Waals surface area contributed by atoms with Gasteiger partial charge in [0.05, 0.1) is 4.90 Å². The van der Waals surface area contributed by atoms with Gasteiger partial charge in [-0.1, -0.05) is 17.3 Å². The van der Waals surface area contributed by atoms with E-state index in [2.05, 4.69) is 9.88 Å². The van der Waals surface area contributed by atoms with Gasteiger partial charge >= 0.3 is 0 Å². The van der Waals surface area contributed by atoms with E-state index < -0.39 is 10.0 Å². The van der Waals surface area contributed by atoms with Crippen molar-refractivity contribution >= 4 is 15.8 Å². The molecular weight excluding hydrogens is 240 g/mol. The third-order valence-electron chi connectivity index (χ3n) is 2.17. The van der Waals surface area contributed by atoms with Crippen molar-refractivity contribution in [1.82, 2.24) is 5.16 Å². The van der Waals surface area contributed by atoms with E-state index in [1.54, 1.807) is 19.1 Å². The zero-order valence-electron chi connectivity index (χ0n) is 9.47. The molecule has 0 saturated heterocycles. The molecule has 2 aromatic rings. The molecular formula is C11H12N2O3S. The van der Waals surface area contributed by atoms with Gasteiger partial charge in [-0.3, -0.25) is 4.72 Å². The Morgan fingerprint density at radius 1 is 1.24 bits per heavy atom. The van der Waals surface area contributed by atoms with E-state index in [-0.39, 0.29) is 10.7 Å². The number of benzene rings is 1. The molecule has 1 N–H and O–H groups in total. The minimum atomic E-state index is -3.60. The molecule has 2 rings (SSSR count). The van der Waals surface area contributed by atoms with Gasteiger partial charge in [0.25, 0.3) is 10.0 Å². The standard InChI is InChI=1S/C11H12N2O3S/c1-8-4-3-5-10(6-8)17(14,15)13-11-7-9(2)16-12-11/h3-7H,1-2H3,(H,12,13). The maximum absolute atomic E-state index is 12.0. The number of nitrogens with zero attached hydrogens (tertiary/aromatic N) is 1. The predicted molar refractivity (Wildman–Crippen MR) is 63.2 cm³/mol. The van der Waals surface area contributed by atoms with Crippen molar-refractivity contribution < 1.29 is 12.9 Å². The van der Waals surface area contributed by atoms with Gasteiger partial charge in [0.15, 0.2) is 5.82 Å². The molecule has 0 bridgehead atoms. The van der Waals surface area contributed by atoms with Gasteiger partial charge in [-0.05, 0) is 31.5 Å². The first-order valence-corrected chi connectivity index (χ1v) is 6.48. The third-order valence-corrected chi connectivity index (χ3v) is 3.52. The molecule has 0 spiro atoms. The highest BCUT2D eigenvalue weighted by Gasteiger charge is 2.15. The number of sulfonamides is 1. The quantitative estimate of drug-likeness (QED) is 0.907. The van der Waals surface area contributed by atoms with Crippen LogP contribution in [0.1, 0.15) is 11.3 Å². The van der Waals surface area contributed by atoms with E-state index in [0.717, 1.165) is 5.56 Å². The van der Waals surface area contributed by atoms with Crippen LogP contribution < -0.4 is 4.72 Å². The predicted octanol–water partition coefficient (Wildman–Crippen LogP) is 2.09. The van der Waals surface area contributed by atoms with Crippen LogP contribution in [-0.4, -0.2) is 13.6 Å². The second-order valence-electron chi connectivity index (χ2n) is 3.74. The third kappa shape index (κ3) is 2.65. The molecule has 0 aliphatic rings. The van der Waals surface area contributed by atoms with Crippen LogP contribution in [-0.2, 0) is 10.0 Å². The molecule has 0 saturated carbocycles. The first-order valence-electron chi connectivity index (χ1n) is 5.00. The largest absolute Gasteiger partial charge is 0.360 e. The Morgan fingerprint density at radius 2 is 2.00 bits per heavy atom. The molecule has 5 nitrogen and oxygen atoms in total. The van der Waals surface area contributed by atoms with E-state index >= 15 is 0 Å². The molecule has 1 heterocycles. The fourth-order valence-corrected chi connectivity index (χ4v) is 2.48. The number of aryl methyl sites for hydroxylation is 2. The summed E-state index contributed by atoms with van der Waals surface area (Å²) >= 11 is 0. The summed E-state index contributed by atoms with van der Waals surface area (Å²) in [6.07, 6.45) is 0. The second kappa shape index (κ2) is 4.21. The van der Waals surface area contributed by atoms with Gasteiger partial charge in [0, 0.05) is 6.07 Å². The molecule has 17 heavy (non-hydrogen) atoms. The Labute approximate surface area is 99.5 Å². The zero-order valence-corrected chi connectivity index (χ0v) is 10.3. The SMILES string of the molecule is Cc1cccc(S(=O)(=O)Nc2cc(C)on2)c1. The molecule has 0 amide bonds. The lowest BCUT2D eigenvalue weighted by Gasteiger charge is -2.05. The summed E-state index contributed by atoms with van der Waals surface area (Å²) < 4.78 is 31.1. The van der Waals surface area contributed by atoms with Gasteiger partial charge in [-0.2, -0.15) is 0 Å². The first-order chi connectivity index (χ1) is 7.97. The van der Waals surface area contributed by atoms with Gasteiger partial charge in [-0.15, -0.1) is 0 Å². The summed E-state index contributed by atoms with van der Waals surface area (Å²) in [7, 11) is -3.60. The fourth-order valence-electron chi connectivity index (χ4n) is 1.39. The second-order valence-corrected chi connectivity index (χ2v) is 5.43. The summed E-state index contributed by atoms with van der Waals surface area (Å²) in [5, 5.41) is 3.58. The van der Waals surface area contributed by atoms with Crippen molar-refractivity contribution in [2.24, 2.45) is 0 Å². The van der Waals surface area contributed by atoms with Gasteiger partial charge in [-0.25, -0.2) is 8.42 Å². The number of hydrogen-bond donors (Lipinski definition) is 1. The van der Waals surface area contributed by atoms with E-state index in [4.69, 9.17) is 4.52 Å². The van der Waals surface area contributed by atoms with Crippen LogP contribution >= 0.6 is 0 Å². The minimum Gasteiger partial charge on any atom is -0.360 e. The van der Waals surface area contributed by atoms with Crippen LogP contribution in [0.15, 0.2) is 39.8 Å². The summed E-state index contributed by atoms with van der Waals surface area (Å²) in [6, 6.07) is 8.17. The summed E-state index contributed by atoms with van der Waals surface area (Å²) in [6.45, 7) is 3.52. The molecule has 0 atom stereocenters. The smallest absolute Gasteiger partial charge is 0.263 e. The normalized spacial score (nSPS) is 11.4. The monoisotopic (exact) mass is 252 g/mol. The number of anilines is 1. The van der Waals surface area contributed by atoms with Gasteiger partial charge < -0.3 is 4.52 Å². The van der Waals surface area contributed by atoms with E-state index in [9.17, 15) is 8.42 Å². The Hall–Kier alpha value is -1.82. The number of aromatic nitrogens is 1. The van der Waals surface area contributed by atoms with Crippen molar-refractivity contribution in [1.29, 1.82) is 0 Å². The summed E-state index contributed by atoms with van der Waals surface area (Å²) in [4.78, 5) is 0.207. The van der Waals surface area contributed by atoms with Crippen LogP contribution in [0.3, 0.4) is 0 Å². The van der Waals surface area contributed by atoms with Crippen LogP contribution in [0.2, 0.25) is 0 Å².